The number of anilines is 1. The smallest absolute Gasteiger partial charge is 0.319 e. The first kappa shape index (κ1) is 28.7. The van der Waals surface area contributed by atoms with Gasteiger partial charge in [0.25, 0.3) is 0 Å². The van der Waals surface area contributed by atoms with E-state index in [1.54, 1.807) is 16.8 Å². The second-order valence-corrected chi connectivity index (χ2v) is 11.2. The highest BCUT2D eigenvalue weighted by atomic mass is 16.7. The monoisotopic (exact) mass is 566 g/mol. The van der Waals surface area contributed by atoms with Crippen molar-refractivity contribution in [2.45, 2.75) is 38.1 Å². The molecule has 0 radical (unpaired) electrons. The number of carbonyl (C=O) groups is 3. The summed E-state index contributed by atoms with van der Waals surface area (Å²) in [5.41, 5.74) is 1.66. The van der Waals surface area contributed by atoms with Gasteiger partial charge in [-0.25, -0.2) is 9.36 Å². The third-order valence-electron chi connectivity index (χ3n) is 8.47. The molecule has 0 spiro atoms. The average Bonchev–Trinajstić information content (AvgIpc) is 3.65. The van der Waals surface area contributed by atoms with Crippen LogP contribution in [0.1, 0.15) is 37.7 Å². The molecule has 41 heavy (non-hydrogen) atoms. The highest BCUT2D eigenvalue weighted by Gasteiger charge is 2.47. The number of carboxylic acids is 1. The second-order valence-electron chi connectivity index (χ2n) is 11.2. The maximum absolute atomic E-state index is 13.9. The standard InChI is InChI=1S/C30H39N5O6/c1-4-5-12-35(22-7-6-11-31(2)17-22)27(36)19-34-18-23(21-8-9-25-26(16-21)41-20-40-25)28(29(37)38)24(34)10-13-33-15-14-32(3)30(33)39/h6-9,11,16-17,23-24,28H,4-5,10,12-15,18-20H2,1-3H3/p+1/t23-,24+,28-/m1/s1. The van der Waals surface area contributed by atoms with Crippen LogP contribution in [0.4, 0.5) is 10.5 Å². The van der Waals surface area contributed by atoms with Gasteiger partial charge in [0.15, 0.2) is 23.9 Å². The number of hydrogen-bond donors (Lipinski definition) is 1. The van der Waals surface area contributed by atoms with E-state index >= 15 is 0 Å². The number of ether oxygens (including phenoxy) is 2. The number of amides is 3. The van der Waals surface area contributed by atoms with Crippen LogP contribution in [0.25, 0.3) is 0 Å². The molecule has 2 fully saturated rings. The molecule has 4 heterocycles. The first-order chi connectivity index (χ1) is 19.8. The normalized spacial score (nSPS) is 22.0. The number of aryl methyl sites for hydroxylation is 1. The summed E-state index contributed by atoms with van der Waals surface area (Å²) >= 11 is 0. The number of benzene rings is 1. The van der Waals surface area contributed by atoms with Crippen LogP contribution in [-0.4, -0.2) is 96.9 Å². The van der Waals surface area contributed by atoms with Crippen LogP contribution < -0.4 is 18.9 Å². The molecular weight excluding hydrogens is 526 g/mol. The molecule has 1 N–H and O–H groups in total. The third kappa shape index (κ3) is 6.09. The quantitative estimate of drug-likeness (QED) is 0.416. The highest BCUT2D eigenvalue weighted by Crippen LogP contribution is 2.43. The van der Waals surface area contributed by atoms with E-state index in [0.717, 1.165) is 24.1 Å². The molecule has 1 aromatic carbocycles. The van der Waals surface area contributed by atoms with E-state index in [0.29, 0.717) is 50.6 Å². The number of unbranched alkanes of at least 4 members (excludes halogenated alkanes) is 1. The van der Waals surface area contributed by atoms with E-state index in [4.69, 9.17) is 9.47 Å². The van der Waals surface area contributed by atoms with Crippen molar-refractivity contribution in [3.8, 4) is 11.5 Å². The number of hydrogen-bond acceptors (Lipinski definition) is 6. The Kier molecular flexibility index (Phi) is 8.63. The molecular formula is C30H40N5O6+. The number of likely N-dealkylation sites (tertiary alicyclic amines) is 1. The van der Waals surface area contributed by atoms with Crippen molar-refractivity contribution in [3.05, 3.63) is 48.3 Å². The molecule has 2 saturated heterocycles. The lowest BCUT2D eigenvalue weighted by Crippen LogP contribution is -2.46. The van der Waals surface area contributed by atoms with Crippen LogP contribution in [-0.2, 0) is 16.6 Å². The van der Waals surface area contributed by atoms with E-state index in [1.165, 1.54) is 0 Å². The summed E-state index contributed by atoms with van der Waals surface area (Å²) in [6.45, 7) is 5.00. The molecule has 3 aliphatic rings. The fourth-order valence-corrected chi connectivity index (χ4v) is 6.24. The Morgan fingerprint density at radius 3 is 2.68 bits per heavy atom. The van der Waals surface area contributed by atoms with Gasteiger partial charge in [-0.1, -0.05) is 19.4 Å². The van der Waals surface area contributed by atoms with Gasteiger partial charge in [-0.3, -0.25) is 14.5 Å². The minimum absolute atomic E-state index is 0.0486. The molecule has 3 amide bonds. The molecule has 220 valence electrons. The number of carboxylic acid groups (broad SMARTS) is 1. The van der Waals surface area contributed by atoms with Crippen molar-refractivity contribution >= 4 is 23.6 Å². The fourth-order valence-electron chi connectivity index (χ4n) is 6.24. The molecule has 2 aromatic rings. The zero-order valence-electron chi connectivity index (χ0n) is 24.1. The largest absolute Gasteiger partial charge is 0.481 e. The summed E-state index contributed by atoms with van der Waals surface area (Å²) in [5.74, 6) is -0.835. The number of likely N-dealkylation sites (N-methyl/N-ethyl adjacent to an activating group) is 1. The number of nitrogens with zero attached hydrogens (tertiary/aromatic N) is 5. The maximum Gasteiger partial charge on any atom is 0.319 e. The van der Waals surface area contributed by atoms with Crippen LogP contribution in [0.2, 0.25) is 0 Å². The van der Waals surface area contributed by atoms with Gasteiger partial charge in [-0.2, -0.15) is 0 Å². The number of rotatable bonds is 11. The van der Waals surface area contributed by atoms with E-state index in [9.17, 15) is 19.5 Å². The Morgan fingerprint density at radius 2 is 1.98 bits per heavy atom. The van der Waals surface area contributed by atoms with E-state index in [-0.39, 0.29) is 31.2 Å². The Balaban J connectivity index is 1.43. The zero-order chi connectivity index (χ0) is 29.1. The summed E-state index contributed by atoms with van der Waals surface area (Å²) in [5, 5.41) is 10.5. The molecule has 3 aliphatic heterocycles. The summed E-state index contributed by atoms with van der Waals surface area (Å²) < 4.78 is 13.0. The molecule has 0 unspecified atom stereocenters. The summed E-state index contributed by atoms with van der Waals surface area (Å²) in [7, 11) is 3.69. The number of aliphatic carboxylic acids is 1. The topological polar surface area (TPSA) is 107 Å². The van der Waals surface area contributed by atoms with Gasteiger partial charge in [-0.15, -0.1) is 0 Å². The van der Waals surface area contributed by atoms with Crippen LogP contribution >= 0.6 is 0 Å². The van der Waals surface area contributed by atoms with E-state index < -0.39 is 17.9 Å². The summed E-state index contributed by atoms with van der Waals surface area (Å²) in [6, 6.07) is 8.95. The first-order valence-corrected chi connectivity index (χ1v) is 14.4. The lowest BCUT2D eigenvalue weighted by Gasteiger charge is -2.30. The van der Waals surface area contributed by atoms with Crippen molar-refractivity contribution in [2.75, 3.05) is 58.0 Å². The third-order valence-corrected chi connectivity index (χ3v) is 8.47. The number of fused-ring (bicyclic) bond motifs is 1. The molecule has 11 heteroatoms. The minimum atomic E-state index is -0.907. The molecule has 3 atom stereocenters. The number of pyridine rings is 1. The first-order valence-electron chi connectivity index (χ1n) is 14.4. The van der Waals surface area contributed by atoms with Gasteiger partial charge in [-0.05, 0) is 36.6 Å². The van der Waals surface area contributed by atoms with Gasteiger partial charge >= 0.3 is 12.0 Å². The van der Waals surface area contributed by atoms with Crippen LogP contribution in [0, 0.1) is 5.92 Å². The summed E-state index contributed by atoms with van der Waals surface area (Å²) in [6.07, 6.45) is 6.11. The van der Waals surface area contributed by atoms with Gasteiger partial charge < -0.3 is 29.3 Å². The van der Waals surface area contributed by atoms with Gasteiger partial charge in [0.2, 0.25) is 12.7 Å². The Morgan fingerprint density at radius 1 is 1.17 bits per heavy atom. The number of carbonyl (C=O) groups excluding carboxylic acids is 2. The van der Waals surface area contributed by atoms with Crippen molar-refractivity contribution in [3.63, 3.8) is 0 Å². The van der Waals surface area contributed by atoms with Gasteiger partial charge in [0.1, 0.15) is 12.7 Å². The van der Waals surface area contributed by atoms with Crippen molar-refractivity contribution in [2.24, 2.45) is 13.0 Å². The average molecular weight is 567 g/mol. The van der Waals surface area contributed by atoms with E-state index in [2.05, 4.69) is 6.92 Å². The lowest BCUT2D eigenvalue weighted by atomic mass is 9.84. The highest BCUT2D eigenvalue weighted by molar-refractivity contribution is 5.94. The molecule has 1 aromatic heterocycles. The Labute approximate surface area is 240 Å². The van der Waals surface area contributed by atoms with Crippen LogP contribution in [0.5, 0.6) is 11.5 Å². The predicted octanol–water partition coefficient (Wildman–Crippen LogP) is 2.30. The van der Waals surface area contributed by atoms with Gasteiger partial charge in [0, 0.05) is 57.8 Å². The molecule has 0 aliphatic carbocycles. The van der Waals surface area contributed by atoms with Crippen molar-refractivity contribution in [1.82, 2.24) is 14.7 Å². The molecule has 0 saturated carbocycles. The van der Waals surface area contributed by atoms with Crippen molar-refractivity contribution < 1.29 is 33.5 Å². The fraction of sp³-hybridized carbons (Fsp3) is 0.533. The second kappa shape index (κ2) is 12.3. The Hall–Kier alpha value is -3.86. The predicted molar refractivity (Wildman–Crippen MR) is 151 cm³/mol. The molecule has 11 nitrogen and oxygen atoms in total. The Bertz CT molecular complexity index is 1290. The molecule has 5 rings (SSSR count). The SMILES string of the molecule is CCCCN(C(=O)CN1C[C@H](c2ccc3c(c2)OCO3)[C@@H](C(=O)O)[C@@H]1CCN1CCN(C)C1=O)c1ccc[n+](C)c1. The lowest BCUT2D eigenvalue weighted by molar-refractivity contribution is -0.670. The van der Waals surface area contributed by atoms with E-state index in [1.807, 2.05) is 64.1 Å². The molecule has 0 bridgehead atoms. The van der Waals surface area contributed by atoms with Crippen LogP contribution in [0.15, 0.2) is 42.7 Å². The summed E-state index contributed by atoms with van der Waals surface area (Å²) in [4.78, 5) is 46.6. The minimum Gasteiger partial charge on any atom is -0.481 e. The van der Waals surface area contributed by atoms with Crippen molar-refractivity contribution in [1.29, 1.82) is 0 Å². The number of aromatic nitrogens is 1. The van der Waals surface area contributed by atoms with Gasteiger partial charge in [0.05, 0.1) is 12.5 Å². The zero-order valence-corrected chi connectivity index (χ0v) is 24.1. The van der Waals surface area contributed by atoms with Crippen LogP contribution in [0.3, 0.4) is 0 Å². The maximum atomic E-state index is 13.9. The number of urea groups is 1.